The molecule has 2 fully saturated rings. The van der Waals surface area contributed by atoms with Gasteiger partial charge in [-0.05, 0) is 31.5 Å². The van der Waals surface area contributed by atoms with Crippen LogP contribution in [0.4, 0.5) is 4.39 Å². The molecule has 1 aromatic carbocycles. The summed E-state index contributed by atoms with van der Waals surface area (Å²) in [4.78, 5) is 16.2. The number of carbonyl (C=O) groups is 1. The smallest absolute Gasteiger partial charge is 0.236 e. The van der Waals surface area contributed by atoms with Crippen LogP contribution in [0.2, 0.25) is 5.02 Å². The number of nitrogens with one attached hydrogen (secondary N) is 1. The zero-order valence-corrected chi connectivity index (χ0v) is 13.3. The molecule has 2 saturated heterocycles. The molecule has 2 aliphatic rings. The summed E-state index contributed by atoms with van der Waals surface area (Å²) in [6.07, 6.45) is 2.07. The molecule has 0 bridgehead atoms. The zero-order chi connectivity index (χ0) is 15.5. The molecule has 2 heterocycles. The summed E-state index contributed by atoms with van der Waals surface area (Å²) in [5, 5.41) is 3.52. The SMILES string of the molecule is O=C1CNCCN1C1CCCN(Cc2ccc(Cl)cc2F)C1. The number of likely N-dealkylation sites (tertiary alicyclic amines) is 1. The Labute approximate surface area is 135 Å². The Hall–Kier alpha value is -1.17. The van der Waals surface area contributed by atoms with Crippen molar-refractivity contribution >= 4 is 17.5 Å². The van der Waals surface area contributed by atoms with Crippen molar-refractivity contribution in [2.75, 3.05) is 32.7 Å². The number of rotatable bonds is 3. The molecule has 1 aromatic rings. The van der Waals surface area contributed by atoms with Crippen molar-refractivity contribution in [3.05, 3.63) is 34.6 Å². The van der Waals surface area contributed by atoms with Crippen LogP contribution in [0, 0.1) is 5.82 Å². The number of halogens is 2. The van der Waals surface area contributed by atoms with Gasteiger partial charge in [0.1, 0.15) is 5.82 Å². The number of piperidine rings is 1. The van der Waals surface area contributed by atoms with Crippen molar-refractivity contribution < 1.29 is 9.18 Å². The number of amides is 1. The highest BCUT2D eigenvalue weighted by atomic mass is 35.5. The minimum absolute atomic E-state index is 0.177. The Bertz CT molecular complexity index is 554. The maximum Gasteiger partial charge on any atom is 0.236 e. The molecule has 0 aromatic heterocycles. The van der Waals surface area contributed by atoms with E-state index in [-0.39, 0.29) is 17.8 Å². The van der Waals surface area contributed by atoms with Gasteiger partial charge in [-0.25, -0.2) is 4.39 Å². The summed E-state index contributed by atoms with van der Waals surface area (Å²) in [6, 6.07) is 5.08. The summed E-state index contributed by atoms with van der Waals surface area (Å²) in [7, 11) is 0. The molecular formula is C16H21ClFN3O. The molecule has 3 rings (SSSR count). The molecule has 0 radical (unpaired) electrons. The maximum absolute atomic E-state index is 13.9. The van der Waals surface area contributed by atoms with Crippen molar-refractivity contribution in [1.82, 2.24) is 15.1 Å². The first-order valence-electron chi connectivity index (χ1n) is 7.80. The van der Waals surface area contributed by atoms with E-state index in [0.717, 1.165) is 39.0 Å². The van der Waals surface area contributed by atoms with Gasteiger partial charge in [0.2, 0.25) is 5.91 Å². The van der Waals surface area contributed by atoms with Crippen LogP contribution < -0.4 is 5.32 Å². The molecule has 1 N–H and O–H groups in total. The number of hydrogen-bond acceptors (Lipinski definition) is 3. The number of hydrogen-bond donors (Lipinski definition) is 1. The van der Waals surface area contributed by atoms with Crippen molar-refractivity contribution in [2.45, 2.75) is 25.4 Å². The van der Waals surface area contributed by atoms with Crippen LogP contribution in [0.15, 0.2) is 18.2 Å². The van der Waals surface area contributed by atoms with Crippen molar-refractivity contribution in [3.8, 4) is 0 Å². The average Bonchev–Trinajstić information content (AvgIpc) is 2.51. The van der Waals surface area contributed by atoms with Gasteiger partial charge >= 0.3 is 0 Å². The third kappa shape index (κ3) is 3.59. The van der Waals surface area contributed by atoms with Crippen LogP contribution in [0.5, 0.6) is 0 Å². The Morgan fingerprint density at radius 1 is 1.36 bits per heavy atom. The molecule has 2 aliphatic heterocycles. The summed E-state index contributed by atoms with van der Waals surface area (Å²) in [6.45, 7) is 4.38. The molecule has 22 heavy (non-hydrogen) atoms. The van der Waals surface area contributed by atoms with Gasteiger partial charge in [0.15, 0.2) is 0 Å². The third-order valence-corrected chi connectivity index (χ3v) is 4.69. The molecule has 0 saturated carbocycles. The number of nitrogens with zero attached hydrogens (tertiary/aromatic N) is 2. The van der Waals surface area contributed by atoms with E-state index >= 15 is 0 Å². The lowest BCUT2D eigenvalue weighted by molar-refractivity contribution is -0.135. The molecular weight excluding hydrogens is 305 g/mol. The number of piperazine rings is 1. The first-order chi connectivity index (χ1) is 10.6. The van der Waals surface area contributed by atoms with Gasteiger partial charge in [0.25, 0.3) is 0 Å². The van der Waals surface area contributed by atoms with Crippen LogP contribution in [0.25, 0.3) is 0 Å². The molecule has 1 atom stereocenters. The van der Waals surface area contributed by atoms with Crippen LogP contribution in [-0.4, -0.2) is 54.5 Å². The summed E-state index contributed by atoms with van der Waals surface area (Å²) < 4.78 is 13.9. The fourth-order valence-electron chi connectivity index (χ4n) is 3.33. The van der Waals surface area contributed by atoms with Crippen LogP contribution in [0.1, 0.15) is 18.4 Å². The standard InChI is InChI=1S/C16H21ClFN3O/c17-13-4-3-12(15(18)8-13)10-20-6-1-2-14(11-20)21-7-5-19-9-16(21)22/h3-4,8,14,19H,1-2,5-7,9-11H2. The minimum atomic E-state index is -0.257. The number of benzene rings is 1. The highest BCUT2D eigenvalue weighted by Crippen LogP contribution is 2.21. The Morgan fingerprint density at radius 3 is 3.00 bits per heavy atom. The lowest BCUT2D eigenvalue weighted by Gasteiger charge is -2.41. The van der Waals surface area contributed by atoms with E-state index in [0.29, 0.717) is 23.7 Å². The van der Waals surface area contributed by atoms with E-state index in [2.05, 4.69) is 10.2 Å². The van der Waals surface area contributed by atoms with E-state index in [4.69, 9.17) is 11.6 Å². The molecule has 0 aliphatic carbocycles. The summed E-state index contributed by atoms with van der Waals surface area (Å²) in [5.41, 5.74) is 0.664. The minimum Gasteiger partial charge on any atom is -0.336 e. The van der Waals surface area contributed by atoms with E-state index in [1.165, 1.54) is 6.07 Å². The third-order valence-electron chi connectivity index (χ3n) is 4.46. The maximum atomic E-state index is 13.9. The Kier molecular flexibility index (Phi) is 4.96. The first kappa shape index (κ1) is 15.7. The molecule has 1 unspecified atom stereocenters. The van der Waals surface area contributed by atoms with E-state index in [9.17, 15) is 9.18 Å². The Balaban J connectivity index is 1.64. The lowest BCUT2D eigenvalue weighted by Crippen LogP contribution is -2.56. The van der Waals surface area contributed by atoms with Crippen molar-refractivity contribution in [2.24, 2.45) is 0 Å². The molecule has 4 nitrogen and oxygen atoms in total. The number of carbonyl (C=O) groups excluding carboxylic acids is 1. The monoisotopic (exact) mass is 325 g/mol. The van der Waals surface area contributed by atoms with Gasteiger partial charge in [0.05, 0.1) is 6.54 Å². The van der Waals surface area contributed by atoms with E-state index < -0.39 is 0 Å². The van der Waals surface area contributed by atoms with Crippen LogP contribution in [-0.2, 0) is 11.3 Å². The van der Waals surface area contributed by atoms with Crippen LogP contribution in [0.3, 0.4) is 0 Å². The first-order valence-corrected chi connectivity index (χ1v) is 8.18. The average molecular weight is 326 g/mol. The normalized spacial score (nSPS) is 23.8. The van der Waals surface area contributed by atoms with Gasteiger partial charge in [-0.3, -0.25) is 9.69 Å². The predicted molar refractivity (Wildman–Crippen MR) is 84.3 cm³/mol. The summed E-state index contributed by atoms with van der Waals surface area (Å²) >= 11 is 5.80. The fourth-order valence-corrected chi connectivity index (χ4v) is 3.49. The summed E-state index contributed by atoms with van der Waals surface area (Å²) in [5.74, 6) is -0.0800. The second-order valence-corrected chi connectivity index (χ2v) is 6.47. The van der Waals surface area contributed by atoms with Gasteiger partial charge in [0, 0.05) is 42.8 Å². The molecule has 1 amide bonds. The second kappa shape index (κ2) is 6.94. The Morgan fingerprint density at radius 2 is 2.23 bits per heavy atom. The highest BCUT2D eigenvalue weighted by molar-refractivity contribution is 6.30. The molecule has 0 spiro atoms. The van der Waals surface area contributed by atoms with Gasteiger partial charge in [-0.2, -0.15) is 0 Å². The van der Waals surface area contributed by atoms with Crippen molar-refractivity contribution in [1.29, 1.82) is 0 Å². The largest absolute Gasteiger partial charge is 0.336 e. The van der Waals surface area contributed by atoms with E-state index in [1.54, 1.807) is 12.1 Å². The van der Waals surface area contributed by atoms with Crippen molar-refractivity contribution in [3.63, 3.8) is 0 Å². The highest BCUT2D eigenvalue weighted by Gasteiger charge is 2.30. The van der Waals surface area contributed by atoms with Gasteiger partial charge in [-0.15, -0.1) is 0 Å². The zero-order valence-electron chi connectivity index (χ0n) is 12.5. The quantitative estimate of drug-likeness (QED) is 0.921. The molecule has 120 valence electrons. The van der Waals surface area contributed by atoms with Gasteiger partial charge in [-0.1, -0.05) is 17.7 Å². The van der Waals surface area contributed by atoms with Crippen LogP contribution >= 0.6 is 11.6 Å². The fraction of sp³-hybridized carbons (Fsp3) is 0.562. The van der Waals surface area contributed by atoms with Gasteiger partial charge < -0.3 is 10.2 Å². The topological polar surface area (TPSA) is 35.6 Å². The molecule has 6 heteroatoms. The van der Waals surface area contributed by atoms with E-state index in [1.807, 2.05) is 4.90 Å². The lowest BCUT2D eigenvalue weighted by atomic mass is 10.0. The second-order valence-electron chi connectivity index (χ2n) is 6.03. The predicted octanol–water partition coefficient (Wildman–Crippen LogP) is 1.88.